The van der Waals surface area contributed by atoms with Crippen molar-refractivity contribution < 1.29 is 35.5 Å². The van der Waals surface area contributed by atoms with Crippen molar-refractivity contribution in [3.63, 3.8) is 0 Å². The lowest BCUT2D eigenvalue weighted by atomic mass is 9.98. The molecule has 0 aliphatic heterocycles. The van der Waals surface area contributed by atoms with Crippen LogP contribution in [0.25, 0.3) is 0 Å². The second-order valence-electron chi connectivity index (χ2n) is 6.94. The molecule has 174 valence electrons. The number of nitrogens with zero attached hydrogens (tertiary/aromatic N) is 1. The molecule has 33 heavy (non-hydrogen) atoms. The minimum Gasteiger partial charge on any atom is -0.334 e. The van der Waals surface area contributed by atoms with Crippen molar-refractivity contribution in [3.8, 4) is 0 Å². The van der Waals surface area contributed by atoms with Crippen molar-refractivity contribution in [3.05, 3.63) is 101 Å². The number of hydrogen-bond acceptors (Lipinski definition) is 2. The van der Waals surface area contributed by atoms with Crippen molar-refractivity contribution in [2.45, 2.75) is 24.9 Å². The molecule has 2 amide bonds. The molecule has 11 heteroatoms. The van der Waals surface area contributed by atoms with Gasteiger partial charge in [-0.25, -0.2) is 9.18 Å². The lowest BCUT2D eigenvalue weighted by molar-refractivity contribution is -0.139. The molecule has 1 aromatic heterocycles. The molecule has 0 bridgehead atoms. The third-order valence-corrected chi connectivity index (χ3v) is 4.61. The number of rotatable bonds is 5. The van der Waals surface area contributed by atoms with Crippen LogP contribution in [0, 0.1) is 5.82 Å². The number of carbonyl (C=O) groups is 1. The number of alkyl halides is 6. The van der Waals surface area contributed by atoms with Gasteiger partial charge in [-0.2, -0.15) is 26.3 Å². The summed E-state index contributed by atoms with van der Waals surface area (Å²) >= 11 is 0. The number of halogens is 7. The van der Waals surface area contributed by atoms with Crippen LogP contribution in [-0.4, -0.2) is 11.0 Å². The zero-order valence-electron chi connectivity index (χ0n) is 16.6. The fourth-order valence-electron chi connectivity index (χ4n) is 3.07. The second kappa shape index (κ2) is 9.47. The lowest BCUT2D eigenvalue weighted by Crippen LogP contribution is -2.39. The third-order valence-electron chi connectivity index (χ3n) is 4.61. The van der Waals surface area contributed by atoms with Gasteiger partial charge in [-0.15, -0.1) is 0 Å². The predicted octanol–water partition coefficient (Wildman–Crippen LogP) is 5.85. The molecule has 1 heterocycles. The minimum absolute atomic E-state index is 0.0481. The van der Waals surface area contributed by atoms with Gasteiger partial charge in [-0.3, -0.25) is 4.98 Å². The first-order chi connectivity index (χ1) is 15.4. The molecule has 0 spiro atoms. The van der Waals surface area contributed by atoms with Gasteiger partial charge >= 0.3 is 18.4 Å². The van der Waals surface area contributed by atoms with Crippen LogP contribution in [0.4, 0.5) is 35.5 Å². The van der Waals surface area contributed by atoms with Crippen molar-refractivity contribution in [1.82, 2.24) is 15.6 Å². The van der Waals surface area contributed by atoms with Crippen LogP contribution < -0.4 is 10.6 Å². The number of urea groups is 1. The maximum absolute atomic E-state index is 13.5. The van der Waals surface area contributed by atoms with Crippen molar-refractivity contribution in [2.24, 2.45) is 0 Å². The summed E-state index contributed by atoms with van der Waals surface area (Å²) in [4.78, 5) is 16.2. The number of amides is 2. The zero-order chi connectivity index (χ0) is 24.2. The van der Waals surface area contributed by atoms with Crippen LogP contribution in [0.1, 0.15) is 34.0 Å². The summed E-state index contributed by atoms with van der Waals surface area (Å²) < 4.78 is 92.6. The number of nitrogens with one attached hydrogen (secondary N) is 2. The molecule has 0 unspecified atom stereocenters. The van der Waals surface area contributed by atoms with Crippen molar-refractivity contribution in [2.75, 3.05) is 0 Å². The largest absolute Gasteiger partial charge is 0.418 e. The van der Waals surface area contributed by atoms with E-state index < -0.39 is 47.1 Å². The van der Waals surface area contributed by atoms with E-state index >= 15 is 0 Å². The maximum Gasteiger partial charge on any atom is 0.418 e. The molecular formula is C22H16F7N3O. The number of hydrogen-bond donors (Lipinski definition) is 2. The molecule has 0 fully saturated rings. The highest BCUT2D eigenvalue weighted by atomic mass is 19.4. The normalized spacial score (nSPS) is 12.8. The predicted molar refractivity (Wildman–Crippen MR) is 104 cm³/mol. The Labute approximate surface area is 183 Å². The second-order valence-corrected chi connectivity index (χ2v) is 6.94. The minimum atomic E-state index is -4.83. The van der Waals surface area contributed by atoms with E-state index in [1.165, 1.54) is 18.2 Å². The standard InChI is InChI=1S/C22H16F7N3O/c23-16-4-1-3-13(11-16)12-31-20(33)32-18(14-6-8-15(9-7-14)21(24,25)26)19-17(22(27,28)29)5-2-10-30-19/h1-11,18H,12H2,(H2,31,32,33)/t18-/m0/s1. The Bertz CT molecular complexity index is 1110. The van der Waals surface area contributed by atoms with Crippen LogP contribution in [0.2, 0.25) is 0 Å². The van der Waals surface area contributed by atoms with E-state index in [0.717, 1.165) is 36.5 Å². The molecular weight excluding hydrogens is 455 g/mol. The van der Waals surface area contributed by atoms with Gasteiger partial charge in [0, 0.05) is 12.7 Å². The smallest absolute Gasteiger partial charge is 0.334 e. The first-order valence-corrected chi connectivity index (χ1v) is 9.43. The monoisotopic (exact) mass is 471 g/mol. The average Bonchev–Trinajstić information content (AvgIpc) is 2.75. The lowest BCUT2D eigenvalue weighted by Gasteiger charge is -2.23. The SMILES string of the molecule is O=C(NCc1cccc(F)c1)N[C@@H](c1ccc(C(F)(F)F)cc1)c1ncccc1C(F)(F)F. The summed E-state index contributed by atoms with van der Waals surface area (Å²) in [5.74, 6) is -0.541. The molecule has 0 saturated carbocycles. The summed E-state index contributed by atoms with van der Waals surface area (Å²) in [7, 11) is 0. The first-order valence-electron chi connectivity index (χ1n) is 9.43. The van der Waals surface area contributed by atoms with Gasteiger partial charge in [-0.05, 0) is 47.5 Å². The van der Waals surface area contributed by atoms with E-state index in [0.29, 0.717) is 17.7 Å². The van der Waals surface area contributed by atoms with Crippen molar-refractivity contribution >= 4 is 6.03 Å². The molecule has 0 saturated heterocycles. The highest BCUT2D eigenvalue weighted by molar-refractivity contribution is 5.75. The highest BCUT2D eigenvalue weighted by Gasteiger charge is 2.37. The quantitative estimate of drug-likeness (QED) is 0.459. The van der Waals surface area contributed by atoms with E-state index in [1.807, 2.05) is 0 Å². The highest BCUT2D eigenvalue weighted by Crippen LogP contribution is 2.36. The summed E-state index contributed by atoms with van der Waals surface area (Å²) in [5, 5.41) is 4.70. The Morgan fingerprint density at radius 3 is 2.21 bits per heavy atom. The Morgan fingerprint density at radius 1 is 0.909 bits per heavy atom. The molecule has 2 N–H and O–H groups in total. The van der Waals surface area contributed by atoms with Gasteiger partial charge < -0.3 is 10.6 Å². The number of aromatic nitrogens is 1. The van der Waals surface area contributed by atoms with Gasteiger partial charge in [0.25, 0.3) is 0 Å². The summed E-state index contributed by atoms with van der Waals surface area (Å²) in [5.41, 5.74) is -2.40. The van der Waals surface area contributed by atoms with Crippen LogP contribution in [0.15, 0.2) is 66.9 Å². The molecule has 3 rings (SSSR count). The van der Waals surface area contributed by atoms with E-state index in [9.17, 15) is 35.5 Å². The number of pyridine rings is 1. The van der Waals surface area contributed by atoms with E-state index in [1.54, 1.807) is 0 Å². The molecule has 1 atom stereocenters. The average molecular weight is 471 g/mol. The molecule has 4 nitrogen and oxygen atoms in total. The first kappa shape index (κ1) is 24.0. The Morgan fingerprint density at radius 2 is 1.61 bits per heavy atom. The Kier molecular flexibility index (Phi) is 6.89. The van der Waals surface area contributed by atoms with Crippen LogP contribution in [0.3, 0.4) is 0 Å². The van der Waals surface area contributed by atoms with Gasteiger partial charge in [0.15, 0.2) is 0 Å². The Balaban J connectivity index is 1.92. The summed E-state index contributed by atoms with van der Waals surface area (Å²) in [6.07, 6.45) is -8.40. The summed E-state index contributed by atoms with van der Waals surface area (Å²) in [6.45, 7) is -0.141. The van der Waals surface area contributed by atoms with Gasteiger partial charge in [0.05, 0.1) is 22.9 Å². The third kappa shape index (κ3) is 6.21. The number of carbonyl (C=O) groups excluding carboxylic acids is 1. The van der Waals surface area contributed by atoms with Crippen molar-refractivity contribution in [1.29, 1.82) is 0 Å². The van der Waals surface area contributed by atoms with Gasteiger partial charge in [0.1, 0.15) is 5.82 Å². The zero-order valence-corrected chi connectivity index (χ0v) is 16.6. The van der Waals surface area contributed by atoms with Gasteiger partial charge in [-0.1, -0.05) is 24.3 Å². The molecule has 0 aliphatic carbocycles. The molecule has 3 aromatic rings. The molecule has 0 aliphatic rings. The fourth-order valence-corrected chi connectivity index (χ4v) is 3.07. The molecule has 0 radical (unpaired) electrons. The van der Waals surface area contributed by atoms with E-state index in [-0.39, 0.29) is 12.1 Å². The topological polar surface area (TPSA) is 54.0 Å². The molecule has 2 aromatic carbocycles. The van der Waals surface area contributed by atoms with Crippen LogP contribution >= 0.6 is 0 Å². The Hall–Kier alpha value is -3.63. The number of benzene rings is 2. The van der Waals surface area contributed by atoms with Gasteiger partial charge in [0.2, 0.25) is 0 Å². The van der Waals surface area contributed by atoms with Crippen LogP contribution in [-0.2, 0) is 18.9 Å². The van der Waals surface area contributed by atoms with E-state index in [2.05, 4.69) is 15.6 Å². The van der Waals surface area contributed by atoms with Crippen LogP contribution in [0.5, 0.6) is 0 Å². The summed E-state index contributed by atoms with van der Waals surface area (Å²) in [6, 6.07) is 8.00. The maximum atomic E-state index is 13.5. The fraction of sp³-hybridized carbons (Fsp3) is 0.182. The van der Waals surface area contributed by atoms with E-state index in [4.69, 9.17) is 0 Å².